The summed E-state index contributed by atoms with van der Waals surface area (Å²) in [6.45, 7) is 3.22. The number of carbonyl (C=O) groups is 2. The molecule has 0 saturated carbocycles. The van der Waals surface area contributed by atoms with E-state index in [9.17, 15) is 9.59 Å². The molecular formula is C28H31N3O5. The van der Waals surface area contributed by atoms with E-state index in [-0.39, 0.29) is 18.5 Å². The molecule has 8 nitrogen and oxygen atoms in total. The van der Waals surface area contributed by atoms with Crippen molar-refractivity contribution in [2.75, 3.05) is 39.2 Å². The lowest BCUT2D eigenvalue weighted by molar-refractivity contribution is 0.0936. The van der Waals surface area contributed by atoms with E-state index in [4.69, 9.17) is 14.2 Å². The third-order valence-corrected chi connectivity index (χ3v) is 6.17. The monoisotopic (exact) mass is 489 g/mol. The van der Waals surface area contributed by atoms with E-state index in [0.29, 0.717) is 42.3 Å². The second-order valence-electron chi connectivity index (χ2n) is 8.33. The molecule has 8 heteroatoms. The summed E-state index contributed by atoms with van der Waals surface area (Å²) in [5.74, 6) is 1.75. The Morgan fingerprint density at radius 2 is 1.67 bits per heavy atom. The highest BCUT2D eigenvalue weighted by Gasteiger charge is 2.32. The summed E-state index contributed by atoms with van der Waals surface area (Å²) in [5.41, 5.74) is 3.19. The molecule has 2 N–H and O–H groups in total. The SMILES string of the molecule is CCOc1ccc(NC(=O)N2CCc3cc(OC)c(OC)cc3C2CNC(=O)c2ccccc2)cc1. The van der Waals surface area contributed by atoms with Crippen LogP contribution >= 0.6 is 0 Å². The van der Waals surface area contributed by atoms with Crippen LogP contribution in [0.2, 0.25) is 0 Å². The molecule has 188 valence electrons. The molecule has 0 aromatic heterocycles. The molecule has 1 atom stereocenters. The number of hydrogen-bond donors (Lipinski definition) is 2. The Morgan fingerprint density at radius 3 is 2.33 bits per heavy atom. The molecule has 0 bridgehead atoms. The lowest BCUT2D eigenvalue weighted by atomic mass is 9.91. The van der Waals surface area contributed by atoms with Crippen LogP contribution in [0.1, 0.15) is 34.5 Å². The molecule has 0 fully saturated rings. The first kappa shape index (κ1) is 24.9. The predicted molar refractivity (Wildman–Crippen MR) is 138 cm³/mol. The van der Waals surface area contributed by atoms with Crippen LogP contribution in [-0.2, 0) is 6.42 Å². The van der Waals surface area contributed by atoms with E-state index in [1.54, 1.807) is 43.4 Å². The first-order chi connectivity index (χ1) is 17.5. The minimum Gasteiger partial charge on any atom is -0.494 e. The molecule has 36 heavy (non-hydrogen) atoms. The van der Waals surface area contributed by atoms with Crippen LogP contribution in [0.15, 0.2) is 66.7 Å². The molecule has 1 aliphatic heterocycles. The first-order valence-corrected chi connectivity index (χ1v) is 11.9. The standard InChI is InChI=1S/C28H31N3O5/c1-4-36-22-12-10-21(11-13-22)30-28(33)31-15-14-20-16-25(34-2)26(35-3)17-23(20)24(31)18-29-27(32)19-8-6-5-7-9-19/h5-13,16-17,24H,4,14-15,18H2,1-3H3,(H,29,32)(H,30,33). The molecule has 4 rings (SSSR count). The Hall–Kier alpha value is -4.20. The Morgan fingerprint density at radius 1 is 0.972 bits per heavy atom. The normalized spacial score (nSPS) is 14.4. The first-order valence-electron chi connectivity index (χ1n) is 11.9. The predicted octanol–water partition coefficient (Wildman–Crippen LogP) is 4.66. The van der Waals surface area contributed by atoms with Gasteiger partial charge in [0.25, 0.3) is 5.91 Å². The zero-order valence-corrected chi connectivity index (χ0v) is 20.7. The van der Waals surface area contributed by atoms with E-state index in [0.717, 1.165) is 16.9 Å². The van der Waals surface area contributed by atoms with Gasteiger partial charge in [-0.1, -0.05) is 18.2 Å². The molecule has 0 aliphatic carbocycles. The van der Waals surface area contributed by atoms with Crippen LogP contribution in [0.25, 0.3) is 0 Å². The molecule has 1 aliphatic rings. The third kappa shape index (κ3) is 5.54. The van der Waals surface area contributed by atoms with E-state index in [1.807, 2.05) is 49.4 Å². The largest absolute Gasteiger partial charge is 0.494 e. The van der Waals surface area contributed by atoms with Gasteiger partial charge in [0.1, 0.15) is 5.75 Å². The number of nitrogens with zero attached hydrogens (tertiary/aromatic N) is 1. The van der Waals surface area contributed by atoms with Crippen molar-refractivity contribution in [3.63, 3.8) is 0 Å². The molecule has 0 saturated heterocycles. The van der Waals surface area contributed by atoms with Crippen LogP contribution < -0.4 is 24.8 Å². The quantitative estimate of drug-likeness (QED) is 0.480. The number of urea groups is 1. The highest BCUT2D eigenvalue weighted by molar-refractivity contribution is 5.94. The summed E-state index contributed by atoms with van der Waals surface area (Å²) >= 11 is 0. The van der Waals surface area contributed by atoms with Gasteiger partial charge >= 0.3 is 6.03 Å². The van der Waals surface area contributed by atoms with Crippen molar-refractivity contribution in [2.45, 2.75) is 19.4 Å². The third-order valence-electron chi connectivity index (χ3n) is 6.17. The smallest absolute Gasteiger partial charge is 0.322 e. The van der Waals surface area contributed by atoms with Gasteiger partial charge in [-0.15, -0.1) is 0 Å². The van der Waals surface area contributed by atoms with Crippen LogP contribution in [0.3, 0.4) is 0 Å². The summed E-state index contributed by atoms with van der Waals surface area (Å²) in [6.07, 6.45) is 0.648. The van der Waals surface area contributed by atoms with E-state index in [2.05, 4.69) is 10.6 Å². The molecule has 0 spiro atoms. The number of amides is 3. The Bertz CT molecular complexity index is 1200. The number of methoxy groups -OCH3 is 2. The van der Waals surface area contributed by atoms with E-state index < -0.39 is 6.04 Å². The lowest BCUT2D eigenvalue weighted by Crippen LogP contribution is -2.46. The maximum absolute atomic E-state index is 13.4. The zero-order valence-electron chi connectivity index (χ0n) is 20.7. The fourth-order valence-corrected chi connectivity index (χ4v) is 4.37. The molecule has 3 aromatic rings. The number of fused-ring (bicyclic) bond motifs is 1. The fourth-order valence-electron chi connectivity index (χ4n) is 4.37. The highest BCUT2D eigenvalue weighted by atomic mass is 16.5. The lowest BCUT2D eigenvalue weighted by Gasteiger charge is -2.38. The summed E-state index contributed by atoms with van der Waals surface area (Å²) < 4.78 is 16.5. The van der Waals surface area contributed by atoms with E-state index >= 15 is 0 Å². The number of anilines is 1. The number of benzene rings is 3. The summed E-state index contributed by atoms with van der Waals surface area (Å²) in [7, 11) is 3.18. The Kier molecular flexibility index (Phi) is 7.95. The van der Waals surface area contributed by atoms with Crippen molar-refractivity contribution >= 4 is 17.6 Å². The van der Waals surface area contributed by atoms with Crippen molar-refractivity contribution in [3.8, 4) is 17.2 Å². The van der Waals surface area contributed by atoms with Crippen LogP contribution in [0, 0.1) is 0 Å². The Labute approximate surface area is 211 Å². The van der Waals surface area contributed by atoms with Gasteiger partial charge in [0, 0.05) is 24.3 Å². The fraction of sp³-hybridized carbons (Fsp3) is 0.286. The van der Waals surface area contributed by atoms with E-state index in [1.165, 1.54) is 0 Å². The number of hydrogen-bond acceptors (Lipinski definition) is 5. The van der Waals surface area contributed by atoms with Crippen LogP contribution in [-0.4, -0.2) is 50.8 Å². The van der Waals surface area contributed by atoms with Crippen LogP contribution in [0.5, 0.6) is 17.2 Å². The van der Waals surface area contributed by atoms with Crippen molar-refractivity contribution in [3.05, 3.63) is 83.4 Å². The summed E-state index contributed by atoms with van der Waals surface area (Å²) in [4.78, 5) is 27.9. The second kappa shape index (κ2) is 11.5. The maximum Gasteiger partial charge on any atom is 0.322 e. The van der Waals surface area contributed by atoms with Crippen molar-refractivity contribution in [1.82, 2.24) is 10.2 Å². The van der Waals surface area contributed by atoms with Gasteiger partial charge in [0.05, 0.1) is 26.9 Å². The number of ether oxygens (including phenoxy) is 3. The average molecular weight is 490 g/mol. The molecule has 0 radical (unpaired) electrons. The van der Waals surface area contributed by atoms with Gasteiger partial charge in [-0.2, -0.15) is 0 Å². The molecular weight excluding hydrogens is 458 g/mol. The summed E-state index contributed by atoms with van der Waals surface area (Å²) in [5, 5.41) is 5.97. The van der Waals surface area contributed by atoms with Crippen molar-refractivity contribution < 1.29 is 23.8 Å². The second-order valence-corrected chi connectivity index (χ2v) is 8.33. The van der Waals surface area contributed by atoms with Crippen molar-refractivity contribution in [2.24, 2.45) is 0 Å². The summed E-state index contributed by atoms with van der Waals surface area (Å²) in [6, 6.07) is 19.5. The minimum atomic E-state index is -0.399. The van der Waals surface area contributed by atoms with Crippen LogP contribution in [0.4, 0.5) is 10.5 Å². The van der Waals surface area contributed by atoms with Gasteiger partial charge in [0.2, 0.25) is 0 Å². The molecule has 3 amide bonds. The molecule has 1 unspecified atom stereocenters. The number of nitrogens with one attached hydrogen (secondary N) is 2. The highest BCUT2D eigenvalue weighted by Crippen LogP contribution is 2.38. The number of rotatable bonds is 8. The minimum absolute atomic E-state index is 0.199. The van der Waals surface area contributed by atoms with Gasteiger partial charge in [0.15, 0.2) is 11.5 Å². The van der Waals surface area contributed by atoms with Gasteiger partial charge in [-0.05, 0) is 73.0 Å². The zero-order chi connectivity index (χ0) is 25.5. The maximum atomic E-state index is 13.4. The number of carbonyl (C=O) groups excluding carboxylic acids is 2. The topological polar surface area (TPSA) is 89.1 Å². The van der Waals surface area contributed by atoms with Gasteiger partial charge in [-0.25, -0.2) is 4.79 Å². The van der Waals surface area contributed by atoms with Gasteiger partial charge in [-0.3, -0.25) is 4.79 Å². The average Bonchev–Trinajstić information content (AvgIpc) is 2.92. The molecule has 1 heterocycles. The van der Waals surface area contributed by atoms with Gasteiger partial charge < -0.3 is 29.7 Å². The van der Waals surface area contributed by atoms with Crippen molar-refractivity contribution in [1.29, 1.82) is 0 Å². The Balaban J connectivity index is 1.59. The molecule has 3 aromatic carbocycles.